The van der Waals surface area contributed by atoms with Crippen LogP contribution in [-0.2, 0) is 24.8 Å². The minimum absolute atomic E-state index is 0.0169. The zero-order valence-corrected chi connectivity index (χ0v) is 10.7. The second kappa shape index (κ2) is 4.64. The van der Waals surface area contributed by atoms with Crippen molar-refractivity contribution in [3.05, 3.63) is 35.2 Å². The number of carbonyl (C=O) groups is 1. The molecule has 0 aliphatic heterocycles. The van der Waals surface area contributed by atoms with Crippen LogP contribution in [0.15, 0.2) is 12.5 Å². The molecule has 2 heterocycles. The summed E-state index contributed by atoms with van der Waals surface area (Å²) in [4.78, 5) is 14.9. The molecule has 0 spiro atoms. The van der Waals surface area contributed by atoms with Crippen LogP contribution in [0.1, 0.15) is 22.6 Å². The Bertz CT molecular complexity index is 583. The van der Waals surface area contributed by atoms with E-state index < -0.39 is 5.97 Å². The predicted octanol–water partition coefficient (Wildman–Crippen LogP) is 0.909. The lowest BCUT2D eigenvalue weighted by molar-refractivity contribution is -0.136. The molecule has 18 heavy (non-hydrogen) atoms. The summed E-state index contributed by atoms with van der Waals surface area (Å²) in [7, 11) is 1.92. The van der Waals surface area contributed by atoms with Gasteiger partial charge in [-0.1, -0.05) is 0 Å². The molecule has 0 bridgehead atoms. The number of carboxylic acid groups (broad SMARTS) is 1. The molecule has 0 unspecified atom stereocenters. The van der Waals surface area contributed by atoms with Gasteiger partial charge in [0.15, 0.2) is 0 Å². The van der Waals surface area contributed by atoms with Gasteiger partial charge in [-0.05, 0) is 13.8 Å². The van der Waals surface area contributed by atoms with Gasteiger partial charge in [-0.15, -0.1) is 0 Å². The Kier molecular flexibility index (Phi) is 3.18. The summed E-state index contributed by atoms with van der Waals surface area (Å²) in [6.07, 6.45) is 3.54. The van der Waals surface area contributed by atoms with Crippen LogP contribution in [0.5, 0.6) is 0 Å². The van der Waals surface area contributed by atoms with Crippen LogP contribution in [0.3, 0.4) is 0 Å². The maximum Gasteiger partial charge on any atom is 0.307 e. The van der Waals surface area contributed by atoms with Gasteiger partial charge >= 0.3 is 5.97 Å². The third kappa shape index (κ3) is 2.27. The van der Waals surface area contributed by atoms with Crippen molar-refractivity contribution < 1.29 is 9.90 Å². The Morgan fingerprint density at radius 2 is 2.17 bits per heavy atom. The second-order valence-electron chi connectivity index (χ2n) is 4.37. The van der Waals surface area contributed by atoms with Crippen molar-refractivity contribution in [1.82, 2.24) is 19.3 Å². The van der Waals surface area contributed by atoms with Crippen molar-refractivity contribution in [3.8, 4) is 0 Å². The number of carboxylic acids is 1. The highest BCUT2D eigenvalue weighted by atomic mass is 16.4. The average molecular weight is 248 g/mol. The van der Waals surface area contributed by atoms with E-state index in [9.17, 15) is 4.79 Å². The Labute approximate surface area is 105 Å². The fraction of sp³-hybridized carbons (Fsp3) is 0.417. The van der Waals surface area contributed by atoms with E-state index in [0.29, 0.717) is 6.54 Å². The summed E-state index contributed by atoms with van der Waals surface area (Å²) in [6.45, 7) is 4.34. The quantitative estimate of drug-likeness (QED) is 0.872. The van der Waals surface area contributed by atoms with Crippen molar-refractivity contribution in [2.24, 2.45) is 7.05 Å². The van der Waals surface area contributed by atoms with E-state index in [4.69, 9.17) is 5.11 Å². The van der Waals surface area contributed by atoms with Crippen LogP contribution >= 0.6 is 0 Å². The maximum absolute atomic E-state index is 10.8. The average Bonchev–Trinajstić information content (AvgIpc) is 2.79. The van der Waals surface area contributed by atoms with Gasteiger partial charge in [0.2, 0.25) is 0 Å². The molecule has 6 nitrogen and oxygen atoms in total. The second-order valence-corrected chi connectivity index (χ2v) is 4.37. The summed E-state index contributed by atoms with van der Waals surface area (Å²) in [5.41, 5.74) is 3.50. The van der Waals surface area contributed by atoms with E-state index in [1.807, 2.05) is 30.1 Å². The Balaban J connectivity index is 2.30. The molecule has 1 N–H and O–H groups in total. The highest BCUT2D eigenvalue weighted by molar-refractivity contribution is 5.70. The smallest absolute Gasteiger partial charge is 0.307 e. The number of aromatic nitrogens is 4. The minimum atomic E-state index is -0.832. The number of hydrogen-bond acceptors (Lipinski definition) is 3. The van der Waals surface area contributed by atoms with E-state index in [0.717, 1.165) is 22.6 Å². The molecule has 0 saturated heterocycles. The first-order valence-corrected chi connectivity index (χ1v) is 5.69. The number of imidazole rings is 1. The number of nitrogens with zero attached hydrogens (tertiary/aromatic N) is 4. The first-order chi connectivity index (χ1) is 8.49. The van der Waals surface area contributed by atoms with Crippen LogP contribution in [0.4, 0.5) is 0 Å². The van der Waals surface area contributed by atoms with Gasteiger partial charge in [-0.2, -0.15) is 5.10 Å². The molecule has 96 valence electrons. The number of hydrogen-bond donors (Lipinski definition) is 1. The summed E-state index contributed by atoms with van der Waals surface area (Å²) in [5, 5.41) is 13.3. The lowest BCUT2D eigenvalue weighted by atomic mass is 10.1. The van der Waals surface area contributed by atoms with Crippen LogP contribution in [-0.4, -0.2) is 30.4 Å². The Morgan fingerprint density at radius 3 is 2.72 bits per heavy atom. The van der Waals surface area contributed by atoms with Gasteiger partial charge in [-0.25, -0.2) is 4.98 Å². The van der Waals surface area contributed by atoms with Gasteiger partial charge in [0.05, 0.1) is 36.9 Å². The largest absolute Gasteiger partial charge is 0.481 e. The molecule has 0 aromatic carbocycles. The van der Waals surface area contributed by atoms with E-state index in [-0.39, 0.29) is 6.42 Å². The number of aliphatic carboxylic acids is 1. The van der Waals surface area contributed by atoms with E-state index in [2.05, 4.69) is 10.1 Å². The molecular formula is C12H16N4O2. The summed E-state index contributed by atoms with van der Waals surface area (Å²) < 4.78 is 3.75. The third-order valence-corrected chi connectivity index (χ3v) is 3.09. The minimum Gasteiger partial charge on any atom is -0.481 e. The highest BCUT2D eigenvalue weighted by Crippen LogP contribution is 2.15. The Hall–Kier alpha value is -2.11. The first kappa shape index (κ1) is 12.3. The molecule has 0 fully saturated rings. The zero-order valence-electron chi connectivity index (χ0n) is 10.7. The third-order valence-electron chi connectivity index (χ3n) is 3.09. The van der Waals surface area contributed by atoms with Gasteiger partial charge in [0.25, 0.3) is 0 Å². The van der Waals surface area contributed by atoms with Crippen molar-refractivity contribution in [1.29, 1.82) is 0 Å². The molecule has 0 aliphatic carbocycles. The van der Waals surface area contributed by atoms with Crippen molar-refractivity contribution in [3.63, 3.8) is 0 Å². The molecule has 0 amide bonds. The molecule has 6 heteroatoms. The summed E-state index contributed by atoms with van der Waals surface area (Å²) in [5.74, 6) is -0.832. The molecule has 0 atom stereocenters. The standard InChI is InChI=1S/C12H16N4O2/c1-8-11(4-12(17)18)9(2)16(14-8)6-10-5-13-7-15(10)3/h5,7H,4,6H2,1-3H3,(H,17,18). The van der Waals surface area contributed by atoms with Crippen molar-refractivity contribution >= 4 is 5.97 Å². The lowest BCUT2D eigenvalue weighted by Gasteiger charge is -2.05. The van der Waals surface area contributed by atoms with Gasteiger partial charge in [0, 0.05) is 18.3 Å². The molecule has 0 aliphatic rings. The predicted molar refractivity (Wildman–Crippen MR) is 65.4 cm³/mol. The Morgan fingerprint density at radius 1 is 1.44 bits per heavy atom. The summed E-state index contributed by atoms with van der Waals surface area (Å²) in [6, 6.07) is 0. The van der Waals surface area contributed by atoms with E-state index >= 15 is 0 Å². The molecule has 0 radical (unpaired) electrons. The molecule has 2 aromatic heterocycles. The van der Waals surface area contributed by atoms with E-state index in [1.165, 1.54) is 0 Å². The SMILES string of the molecule is Cc1nn(Cc2cncn2C)c(C)c1CC(=O)O. The number of rotatable bonds is 4. The zero-order chi connectivity index (χ0) is 13.3. The van der Waals surface area contributed by atoms with Crippen LogP contribution < -0.4 is 0 Å². The number of aryl methyl sites for hydroxylation is 2. The fourth-order valence-electron chi connectivity index (χ4n) is 1.99. The molecular weight excluding hydrogens is 232 g/mol. The van der Waals surface area contributed by atoms with Crippen molar-refractivity contribution in [2.75, 3.05) is 0 Å². The van der Waals surface area contributed by atoms with Crippen LogP contribution in [0.25, 0.3) is 0 Å². The molecule has 0 saturated carbocycles. The maximum atomic E-state index is 10.8. The van der Waals surface area contributed by atoms with Crippen LogP contribution in [0, 0.1) is 13.8 Å². The van der Waals surface area contributed by atoms with Gasteiger partial charge in [-0.3, -0.25) is 9.48 Å². The van der Waals surface area contributed by atoms with Gasteiger partial charge in [0.1, 0.15) is 0 Å². The topological polar surface area (TPSA) is 72.9 Å². The first-order valence-electron chi connectivity index (χ1n) is 5.69. The van der Waals surface area contributed by atoms with Crippen LogP contribution in [0.2, 0.25) is 0 Å². The van der Waals surface area contributed by atoms with Gasteiger partial charge < -0.3 is 9.67 Å². The molecule has 2 aromatic rings. The highest BCUT2D eigenvalue weighted by Gasteiger charge is 2.15. The molecule has 2 rings (SSSR count). The monoisotopic (exact) mass is 248 g/mol. The fourth-order valence-corrected chi connectivity index (χ4v) is 1.99. The lowest BCUT2D eigenvalue weighted by Crippen LogP contribution is -2.08. The van der Waals surface area contributed by atoms with E-state index in [1.54, 1.807) is 12.5 Å². The summed E-state index contributed by atoms with van der Waals surface area (Å²) >= 11 is 0. The normalized spacial score (nSPS) is 10.8. The van der Waals surface area contributed by atoms with Crippen molar-refractivity contribution in [2.45, 2.75) is 26.8 Å².